The first-order valence-corrected chi connectivity index (χ1v) is 6.86. The van der Waals surface area contributed by atoms with Crippen LogP contribution in [0.5, 0.6) is 0 Å². The van der Waals surface area contributed by atoms with Crippen LogP contribution in [0.3, 0.4) is 0 Å². The van der Waals surface area contributed by atoms with Crippen molar-refractivity contribution in [2.75, 3.05) is 12.9 Å². The predicted octanol–water partition coefficient (Wildman–Crippen LogP) is 1.26. The average molecular weight is 305 g/mol. The van der Waals surface area contributed by atoms with Gasteiger partial charge in [-0.2, -0.15) is 5.26 Å². The van der Waals surface area contributed by atoms with Crippen LogP contribution < -0.4 is 0 Å². The molecule has 108 valence electrons. The van der Waals surface area contributed by atoms with Crippen molar-refractivity contribution in [1.82, 2.24) is 9.55 Å². The van der Waals surface area contributed by atoms with Crippen LogP contribution in [0, 0.1) is 11.3 Å². The van der Waals surface area contributed by atoms with Crippen molar-refractivity contribution in [3.63, 3.8) is 0 Å². The van der Waals surface area contributed by atoms with Crippen molar-refractivity contribution in [2.45, 2.75) is 11.7 Å². The fourth-order valence-electron chi connectivity index (χ4n) is 1.80. The van der Waals surface area contributed by atoms with Gasteiger partial charge in [-0.1, -0.05) is 17.8 Å². The Bertz CT molecular complexity index is 748. The summed E-state index contributed by atoms with van der Waals surface area (Å²) in [5.74, 6) is -1.65. The molecule has 0 unspecified atom stereocenters. The maximum atomic E-state index is 11.5. The summed E-state index contributed by atoms with van der Waals surface area (Å²) >= 11 is 0.988. The number of aromatic nitrogens is 2. The molecule has 1 aromatic heterocycles. The Morgan fingerprint density at radius 3 is 2.90 bits per heavy atom. The number of ether oxygens (including phenoxy) is 1. The number of thioether (sulfide) groups is 1. The fraction of sp³-hybridized carbons (Fsp3) is 0.231. The van der Waals surface area contributed by atoms with Crippen LogP contribution in [-0.4, -0.2) is 39.5 Å². The molecule has 1 N–H and O–H groups in total. The minimum atomic E-state index is -0.989. The highest BCUT2D eigenvalue weighted by molar-refractivity contribution is 7.99. The first-order chi connectivity index (χ1) is 10.1. The zero-order chi connectivity index (χ0) is 15.4. The molecule has 0 atom stereocenters. The lowest BCUT2D eigenvalue weighted by molar-refractivity contribution is -0.141. The smallest absolute Gasteiger partial charge is 0.325 e. The van der Waals surface area contributed by atoms with Gasteiger partial charge in [0.1, 0.15) is 18.1 Å². The lowest BCUT2D eigenvalue weighted by Crippen LogP contribution is -2.13. The molecule has 0 radical (unpaired) electrons. The number of nitrogens with zero attached hydrogens (tertiary/aromatic N) is 3. The molecule has 0 saturated carbocycles. The van der Waals surface area contributed by atoms with E-state index >= 15 is 0 Å². The minimum absolute atomic E-state index is 0.0934. The van der Waals surface area contributed by atoms with Crippen LogP contribution >= 0.6 is 11.8 Å². The summed E-state index contributed by atoms with van der Waals surface area (Å²) in [7, 11) is 1.27. The number of aliphatic carboxylic acids is 1. The summed E-state index contributed by atoms with van der Waals surface area (Å²) < 4.78 is 6.18. The summed E-state index contributed by atoms with van der Waals surface area (Å²) in [6.07, 6.45) is 0. The molecule has 0 aliphatic rings. The quantitative estimate of drug-likeness (QED) is 0.654. The molecule has 0 fully saturated rings. The number of carbonyl (C=O) groups excluding carboxylic acids is 1. The third-order valence-electron chi connectivity index (χ3n) is 2.70. The van der Waals surface area contributed by atoms with Gasteiger partial charge in [0.15, 0.2) is 5.16 Å². The number of fused-ring (bicyclic) bond motifs is 1. The Hall–Kier alpha value is -2.53. The molecule has 8 heteroatoms. The van der Waals surface area contributed by atoms with E-state index in [1.54, 1.807) is 22.8 Å². The second kappa shape index (κ2) is 6.28. The minimum Gasteiger partial charge on any atom is -0.481 e. The SMILES string of the molecule is COC(=O)Cn1c(SCC(=O)O)nc2c(C#N)cccc21. The molecule has 1 aromatic carbocycles. The van der Waals surface area contributed by atoms with Crippen LogP contribution in [0.1, 0.15) is 5.56 Å². The van der Waals surface area contributed by atoms with Gasteiger partial charge in [-0.25, -0.2) is 4.98 Å². The molecule has 0 aliphatic carbocycles. The summed E-state index contributed by atoms with van der Waals surface area (Å²) in [5, 5.41) is 18.2. The third-order valence-corrected chi connectivity index (χ3v) is 3.67. The molecule has 7 nitrogen and oxygen atoms in total. The van der Waals surface area contributed by atoms with Gasteiger partial charge in [-0.3, -0.25) is 9.59 Å². The number of rotatable bonds is 5. The number of para-hydroxylation sites is 1. The van der Waals surface area contributed by atoms with Gasteiger partial charge >= 0.3 is 11.9 Å². The molecule has 21 heavy (non-hydrogen) atoms. The summed E-state index contributed by atoms with van der Waals surface area (Å²) in [6.45, 7) is -0.0934. The normalized spacial score (nSPS) is 10.3. The number of esters is 1. The zero-order valence-corrected chi connectivity index (χ0v) is 11.9. The standard InChI is InChI=1S/C13H11N3O4S/c1-20-11(19)6-16-9-4-2-3-8(5-14)12(9)15-13(16)21-7-10(17)18/h2-4H,6-7H2,1H3,(H,17,18). The number of carbonyl (C=O) groups is 2. The highest BCUT2D eigenvalue weighted by Crippen LogP contribution is 2.26. The van der Waals surface area contributed by atoms with E-state index in [4.69, 9.17) is 10.4 Å². The van der Waals surface area contributed by atoms with E-state index < -0.39 is 11.9 Å². The summed E-state index contributed by atoms with van der Waals surface area (Å²) in [6, 6.07) is 7.04. The molecular formula is C13H11N3O4S. The number of hydrogen-bond donors (Lipinski definition) is 1. The van der Waals surface area contributed by atoms with Crippen molar-refractivity contribution in [3.8, 4) is 6.07 Å². The first kappa shape index (κ1) is 14.9. The number of carboxylic acids is 1. The Balaban J connectivity index is 2.53. The van der Waals surface area contributed by atoms with Gasteiger partial charge in [-0.05, 0) is 12.1 Å². The van der Waals surface area contributed by atoms with Gasteiger partial charge < -0.3 is 14.4 Å². The third kappa shape index (κ3) is 3.14. The molecule has 2 aromatic rings. The van der Waals surface area contributed by atoms with Crippen LogP contribution in [-0.2, 0) is 20.9 Å². The van der Waals surface area contributed by atoms with E-state index in [0.29, 0.717) is 21.8 Å². The van der Waals surface area contributed by atoms with Crippen molar-refractivity contribution < 1.29 is 19.4 Å². The van der Waals surface area contributed by atoms with E-state index in [-0.39, 0.29) is 12.3 Å². The van der Waals surface area contributed by atoms with Crippen molar-refractivity contribution in [2.24, 2.45) is 0 Å². The second-order valence-corrected chi connectivity index (χ2v) is 4.97. The molecule has 0 aliphatic heterocycles. The van der Waals surface area contributed by atoms with Gasteiger partial charge in [0.2, 0.25) is 0 Å². The Labute approximate surface area is 124 Å². The number of hydrogen-bond acceptors (Lipinski definition) is 6. The molecule has 0 bridgehead atoms. The molecule has 0 spiro atoms. The van der Waals surface area contributed by atoms with E-state index in [2.05, 4.69) is 9.72 Å². The number of imidazole rings is 1. The maximum absolute atomic E-state index is 11.5. The first-order valence-electron chi connectivity index (χ1n) is 5.87. The Kier molecular flexibility index (Phi) is 4.45. The highest BCUT2D eigenvalue weighted by atomic mass is 32.2. The Morgan fingerprint density at radius 2 is 2.29 bits per heavy atom. The van der Waals surface area contributed by atoms with Crippen LogP contribution in [0.25, 0.3) is 11.0 Å². The van der Waals surface area contributed by atoms with Crippen LogP contribution in [0.4, 0.5) is 0 Å². The van der Waals surface area contributed by atoms with Crippen molar-refractivity contribution in [1.29, 1.82) is 5.26 Å². The van der Waals surface area contributed by atoms with Gasteiger partial charge in [0, 0.05) is 0 Å². The van der Waals surface area contributed by atoms with Gasteiger partial charge in [-0.15, -0.1) is 0 Å². The lowest BCUT2D eigenvalue weighted by Gasteiger charge is -2.06. The van der Waals surface area contributed by atoms with Gasteiger partial charge in [0.25, 0.3) is 0 Å². The molecule has 1 heterocycles. The second-order valence-electron chi connectivity index (χ2n) is 4.02. The summed E-state index contributed by atoms with van der Waals surface area (Å²) in [4.78, 5) is 26.5. The highest BCUT2D eigenvalue weighted by Gasteiger charge is 2.17. The largest absolute Gasteiger partial charge is 0.481 e. The van der Waals surface area contributed by atoms with E-state index in [1.807, 2.05) is 6.07 Å². The maximum Gasteiger partial charge on any atom is 0.325 e. The summed E-state index contributed by atoms with van der Waals surface area (Å²) in [5.41, 5.74) is 1.40. The number of nitriles is 1. The lowest BCUT2D eigenvalue weighted by atomic mass is 10.2. The number of methoxy groups -OCH3 is 1. The fourth-order valence-corrected chi connectivity index (χ4v) is 2.53. The molecule has 0 amide bonds. The van der Waals surface area contributed by atoms with Crippen LogP contribution in [0.15, 0.2) is 23.4 Å². The molecule has 0 saturated heterocycles. The predicted molar refractivity (Wildman–Crippen MR) is 74.8 cm³/mol. The monoisotopic (exact) mass is 305 g/mol. The average Bonchev–Trinajstić information content (AvgIpc) is 2.82. The van der Waals surface area contributed by atoms with Gasteiger partial charge in [0.05, 0.1) is 23.9 Å². The van der Waals surface area contributed by atoms with E-state index in [1.165, 1.54) is 7.11 Å². The zero-order valence-electron chi connectivity index (χ0n) is 11.1. The number of carboxylic acid groups (broad SMARTS) is 1. The number of benzene rings is 1. The van der Waals surface area contributed by atoms with Crippen molar-refractivity contribution in [3.05, 3.63) is 23.8 Å². The van der Waals surface area contributed by atoms with E-state index in [0.717, 1.165) is 11.8 Å². The van der Waals surface area contributed by atoms with E-state index in [9.17, 15) is 9.59 Å². The topological polar surface area (TPSA) is 105 Å². The Morgan fingerprint density at radius 1 is 1.52 bits per heavy atom. The van der Waals surface area contributed by atoms with Crippen molar-refractivity contribution >= 4 is 34.7 Å². The molecular weight excluding hydrogens is 294 g/mol. The molecule has 2 rings (SSSR count). The van der Waals surface area contributed by atoms with Crippen LogP contribution in [0.2, 0.25) is 0 Å².